The van der Waals surface area contributed by atoms with Crippen molar-refractivity contribution in [1.82, 2.24) is 20.0 Å². The van der Waals surface area contributed by atoms with Gasteiger partial charge in [0.2, 0.25) is 5.91 Å². The van der Waals surface area contributed by atoms with E-state index in [2.05, 4.69) is 29.2 Å². The molecule has 1 aromatic heterocycles. The molecule has 1 amide bonds. The van der Waals surface area contributed by atoms with Crippen LogP contribution >= 0.6 is 0 Å². The van der Waals surface area contributed by atoms with Crippen LogP contribution in [0.5, 0.6) is 0 Å². The van der Waals surface area contributed by atoms with Gasteiger partial charge < -0.3 is 10.2 Å². The summed E-state index contributed by atoms with van der Waals surface area (Å²) in [6.07, 6.45) is 8.78. The lowest BCUT2D eigenvalue weighted by atomic mass is 10.2. The van der Waals surface area contributed by atoms with Crippen LogP contribution in [0.15, 0.2) is 6.20 Å². The largest absolute Gasteiger partial charge is 0.352 e. The Morgan fingerprint density at radius 3 is 2.36 bits per heavy atom. The SMILES string of the molecule is CCCCCN(CCCCC)C[C@@H](C)NC(=O)CCn1ncc([N+](=O)[O-])c1C. The van der Waals surface area contributed by atoms with Gasteiger partial charge in [0.25, 0.3) is 0 Å². The number of carbonyl (C=O) groups excluding carboxylic acids is 1. The molecule has 0 spiro atoms. The Kier molecular flexibility index (Phi) is 11.4. The molecule has 0 aliphatic heterocycles. The van der Waals surface area contributed by atoms with Crippen molar-refractivity contribution in [2.24, 2.45) is 0 Å². The molecule has 1 N–H and O–H groups in total. The number of amides is 1. The number of aryl methyl sites for hydroxylation is 1. The Hall–Kier alpha value is -1.96. The summed E-state index contributed by atoms with van der Waals surface area (Å²) in [5.74, 6) is -0.0490. The fraction of sp³-hybridized carbons (Fsp3) is 0.800. The van der Waals surface area contributed by atoms with Crippen LogP contribution in [-0.2, 0) is 11.3 Å². The maximum Gasteiger partial charge on any atom is 0.309 e. The van der Waals surface area contributed by atoms with Gasteiger partial charge in [-0.1, -0.05) is 39.5 Å². The van der Waals surface area contributed by atoms with Crippen molar-refractivity contribution in [3.05, 3.63) is 22.0 Å². The molecule has 0 radical (unpaired) electrons. The van der Waals surface area contributed by atoms with Gasteiger partial charge in [0, 0.05) is 19.0 Å². The van der Waals surface area contributed by atoms with Crippen LogP contribution in [0.3, 0.4) is 0 Å². The number of nitrogens with zero attached hydrogens (tertiary/aromatic N) is 4. The number of carbonyl (C=O) groups is 1. The van der Waals surface area contributed by atoms with E-state index in [1.165, 1.54) is 49.4 Å². The summed E-state index contributed by atoms with van der Waals surface area (Å²) in [5, 5.41) is 17.9. The number of nitro groups is 1. The number of unbranched alkanes of at least 4 members (excludes halogenated alkanes) is 4. The topological polar surface area (TPSA) is 93.3 Å². The molecular weight excluding hydrogens is 358 g/mol. The predicted molar refractivity (Wildman–Crippen MR) is 111 cm³/mol. The molecule has 0 fully saturated rings. The Morgan fingerprint density at radius 2 is 1.86 bits per heavy atom. The zero-order valence-corrected chi connectivity index (χ0v) is 17.9. The van der Waals surface area contributed by atoms with E-state index < -0.39 is 4.92 Å². The second-order valence-corrected chi connectivity index (χ2v) is 7.53. The van der Waals surface area contributed by atoms with E-state index in [9.17, 15) is 14.9 Å². The molecule has 0 aliphatic carbocycles. The number of nitrogens with one attached hydrogen (secondary N) is 1. The standard InChI is InChI=1S/C20H37N5O3/c1-5-7-9-12-23(13-10-8-6-2)16-17(3)22-20(26)11-14-24-18(4)19(15-21-24)25(27)28/h15,17H,5-14,16H2,1-4H3,(H,22,26)/t17-/m1/s1. The molecule has 8 heteroatoms. The molecule has 1 aromatic rings. The van der Waals surface area contributed by atoms with Crippen molar-refractivity contribution in [2.45, 2.75) is 85.2 Å². The van der Waals surface area contributed by atoms with E-state index in [1.807, 2.05) is 6.92 Å². The van der Waals surface area contributed by atoms with Gasteiger partial charge in [-0.25, -0.2) is 0 Å². The third kappa shape index (κ3) is 8.82. The van der Waals surface area contributed by atoms with Crippen LogP contribution in [0.2, 0.25) is 0 Å². The second kappa shape index (κ2) is 13.3. The first-order valence-electron chi connectivity index (χ1n) is 10.6. The van der Waals surface area contributed by atoms with E-state index in [0.29, 0.717) is 12.2 Å². The molecule has 0 saturated carbocycles. The summed E-state index contributed by atoms with van der Waals surface area (Å²) >= 11 is 0. The van der Waals surface area contributed by atoms with Crippen molar-refractivity contribution in [3.63, 3.8) is 0 Å². The lowest BCUT2D eigenvalue weighted by Crippen LogP contribution is -2.43. The summed E-state index contributed by atoms with van der Waals surface area (Å²) in [6, 6.07) is 0.0730. The van der Waals surface area contributed by atoms with Gasteiger partial charge >= 0.3 is 5.69 Å². The van der Waals surface area contributed by atoms with Gasteiger partial charge in [-0.2, -0.15) is 5.10 Å². The van der Waals surface area contributed by atoms with E-state index in [4.69, 9.17) is 0 Å². The normalized spacial score (nSPS) is 12.3. The molecule has 28 heavy (non-hydrogen) atoms. The highest BCUT2D eigenvalue weighted by atomic mass is 16.6. The average molecular weight is 396 g/mol. The van der Waals surface area contributed by atoms with Crippen molar-refractivity contribution < 1.29 is 9.72 Å². The molecule has 8 nitrogen and oxygen atoms in total. The highest BCUT2D eigenvalue weighted by Gasteiger charge is 2.17. The lowest BCUT2D eigenvalue weighted by molar-refractivity contribution is -0.385. The lowest BCUT2D eigenvalue weighted by Gasteiger charge is -2.26. The summed E-state index contributed by atoms with van der Waals surface area (Å²) in [5.41, 5.74) is 0.465. The van der Waals surface area contributed by atoms with Crippen LogP contribution in [0, 0.1) is 17.0 Å². The quantitative estimate of drug-likeness (QED) is 0.278. The van der Waals surface area contributed by atoms with Crippen molar-refractivity contribution in [1.29, 1.82) is 0 Å². The van der Waals surface area contributed by atoms with Crippen LogP contribution in [-0.4, -0.2) is 51.2 Å². The summed E-state index contributed by atoms with van der Waals surface area (Å²) < 4.78 is 1.52. The van der Waals surface area contributed by atoms with Crippen molar-refractivity contribution in [2.75, 3.05) is 19.6 Å². The van der Waals surface area contributed by atoms with Crippen LogP contribution < -0.4 is 5.32 Å². The smallest absolute Gasteiger partial charge is 0.309 e. The van der Waals surface area contributed by atoms with Gasteiger partial charge in [0.15, 0.2) is 0 Å². The monoisotopic (exact) mass is 395 g/mol. The zero-order valence-electron chi connectivity index (χ0n) is 17.9. The summed E-state index contributed by atoms with van der Waals surface area (Å²) in [7, 11) is 0. The molecular formula is C20H37N5O3. The molecule has 1 rings (SSSR count). The fourth-order valence-electron chi connectivity index (χ4n) is 3.29. The molecule has 1 atom stereocenters. The Balaban J connectivity index is 2.44. The maximum absolute atomic E-state index is 12.3. The minimum absolute atomic E-state index is 0.0106. The number of hydrogen-bond acceptors (Lipinski definition) is 5. The second-order valence-electron chi connectivity index (χ2n) is 7.53. The summed E-state index contributed by atoms with van der Waals surface area (Å²) in [4.78, 5) is 25.2. The van der Waals surface area contributed by atoms with Crippen molar-refractivity contribution >= 4 is 11.6 Å². The van der Waals surface area contributed by atoms with Crippen LogP contribution in [0.25, 0.3) is 0 Å². The Bertz CT molecular complexity index is 593. The molecule has 0 aliphatic rings. The van der Waals surface area contributed by atoms with E-state index in [-0.39, 0.29) is 24.1 Å². The van der Waals surface area contributed by atoms with Gasteiger partial charge in [0.05, 0.1) is 11.5 Å². The van der Waals surface area contributed by atoms with Gasteiger partial charge in [-0.15, -0.1) is 0 Å². The van der Waals surface area contributed by atoms with Crippen LogP contribution in [0.1, 0.15) is 71.4 Å². The molecule has 0 unspecified atom stereocenters. The van der Waals surface area contributed by atoms with Crippen LogP contribution in [0.4, 0.5) is 5.69 Å². The molecule has 160 valence electrons. The molecule has 1 heterocycles. The number of aromatic nitrogens is 2. The average Bonchev–Trinajstić information content (AvgIpc) is 3.01. The third-order valence-corrected chi connectivity index (χ3v) is 4.92. The highest BCUT2D eigenvalue weighted by Crippen LogP contribution is 2.16. The third-order valence-electron chi connectivity index (χ3n) is 4.92. The Labute approximate surface area is 168 Å². The maximum atomic E-state index is 12.3. The highest BCUT2D eigenvalue weighted by molar-refractivity contribution is 5.76. The van der Waals surface area contributed by atoms with E-state index in [0.717, 1.165) is 19.6 Å². The first-order valence-corrected chi connectivity index (χ1v) is 10.6. The minimum Gasteiger partial charge on any atom is -0.352 e. The van der Waals surface area contributed by atoms with Gasteiger partial charge in [-0.3, -0.25) is 19.6 Å². The minimum atomic E-state index is -0.452. The summed E-state index contributed by atoms with van der Waals surface area (Å²) in [6.45, 7) is 11.5. The van der Waals surface area contributed by atoms with Gasteiger partial charge in [-0.05, 0) is 39.8 Å². The molecule has 0 saturated heterocycles. The first-order chi connectivity index (χ1) is 13.4. The first kappa shape index (κ1) is 24.1. The zero-order chi connectivity index (χ0) is 20.9. The number of rotatable bonds is 15. The molecule has 0 aromatic carbocycles. The fourth-order valence-corrected chi connectivity index (χ4v) is 3.29. The van der Waals surface area contributed by atoms with E-state index >= 15 is 0 Å². The predicted octanol–water partition coefficient (Wildman–Crippen LogP) is 3.68. The Morgan fingerprint density at radius 1 is 1.25 bits per heavy atom. The van der Waals surface area contributed by atoms with Crippen molar-refractivity contribution in [3.8, 4) is 0 Å². The molecule has 0 bridgehead atoms. The van der Waals surface area contributed by atoms with E-state index in [1.54, 1.807) is 6.92 Å². The number of hydrogen-bond donors (Lipinski definition) is 1. The van der Waals surface area contributed by atoms with Gasteiger partial charge in [0.1, 0.15) is 11.9 Å².